The van der Waals surface area contributed by atoms with Gasteiger partial charge in [0.25, 0.3) is 0 Å². The second-order valence-electron chi connectivity index (χ2n) is 4.16. The number of nitrogens with one attached hydrogen (secondary N) is 1. The van der Waals surface area contributed by atoms with E-state index in [0.717, 1.165) is 0 Å². The lowest BCUT2D eigenvalue weighted by molar-refractivity contribution is 0.578. The summed E-state index contributed by atoms with van der Waals surface area (Å²) in [6.07, 6.45) is 1.50. The van der Waals surface area contributed by atoms with Crippen molar-refractivity contribution in [2.45, 2.75) is 11.4 Å². The maximum Gasteiger partial charge on any atom is 0.242 e. The maximum atomic E-state index is 12.3. The molecule has 0 atom stereocenters. The van der Waals surface area contributed by atoms with Crippen molar-refractivity contribution in [1.82, 2.24) is 19.5 Å². The highest BCUT2D eigenvalue weighted by atomic mass is 32.2. The van der Waals surface area contributed by atoms with Gasteiger partial charge in [-0.2, -0.15) is 5.10 Å². The summed E-state index contributed by atoms with van der Waals surface area (Å²) in [5, 5.41) is 4.01. The van der Waals surface area contributed by atoms with Crippen molar-refractivity contribution in [1.29, 1.82) is 0 Å². The highest BCUT2D eigenvalue weighted by Crippen LogP contribution is 2.14. The number of benzene rings is 1. The molecule has 2 aromatic rings. The highest BCUT2D eigenvalue weighted by Gasteiger charge is 2.17. The van der Waals surface area contributed by atoms with Crippen molar-refractivity contribution in [3.63, 3.8) is 0 Å². The average Bonchev–Trinajstić information content (AvgIpc) is 2.89. The molecule has 0 aliphatic heterocycles. The first-order valence-electron chi connectivity index (χ1n) is 6.15. The van der Waals surface area contributed by atoms with Gasteiger partial charge in [0.15, 0.2) is 5.82 Å². The number of nitrogens with two attached hydrogens (primary N) is 1. The molecule has 8 heteroatoms. The van der Waals surface area contributed by atoms with Gasteiger partial charge in [0.05, 0.1) is 18.0 Å². The van der Waals surface area contributed by atoms with E-state index >= 15 is 0 Å². The molecule has 110 valence electrons. The summed E-state index contributed by atoms with van der Waals surface area (Å²) in [6.45, 7) is 0.182. The Bertz CT molecular complexity index is 786. The molecule has 7 nitrogen and oxygen atoms in total. The monoisotopic (exact) mass is 305 g/mol. The van der Waals surface area contributed by atoms with Gasteiger partial charge in [-0.15, -0.1) is 0 Å². The molecule has 1 aromatic carbocycles. The van der Waals surface area contributed by atoms with E-state index in [1.165, 1.54) is 17.1 Å². The van der Waals surface area contributed by atoms with Crippen LogP contribution in [0.5, 0.6) is 0 Å². The number of aryl methyl sites for hydroxylation is 1. The van der Waals surface area contributed by atoms with Crippen LogP contribution in [0.4, 0.5) is 0 Å². The molecule has 0 spiro atoms. The molecule has 3 N–H and O–H groups in total. The topological polar surface area (TPSA) is 103 Å². The van der Waals surface area contributed by atoms with Crippen molar-refractivity contribution in [2.24, 2.45) is 12.8 Å². The maximum absolute atomic E-state index is 12.3. The van der Waals surface area contributed by atoms with Gasteiger partial charge in [-0.3, -0.25) is 4.68 Å². The van der Waals surface area contributed by atoms with E-state index in [-0.39, 0.29) is 18.0 Å². The van der Waals surface area contributed by atoms with Crippen molar-refractivity contribution >= 4 is 10.0 Å². The first-order valence-corrected chi connectivity index (χ1v) is 7.63. The number of aromatic nitrogens is 3. The molecule has 0 amide bonds. The van der Waals surface area contributed by atoms with E-state index in [1.807, 2.05) is 0 Å². The van der Waals surface area contributed by atoms with Crippen molar-refractivity contribution in [3.05, 3.63) is 42.0 Å². The second kappa shape index (κ2) is 6.49. The molecule has 2 rings (SSSR count). The molecule has 0 bridgehead atoms. The fourth-order valence-electron chi connectivity index (χ4n) is 1.65. The lowest BCUT2D eigenvalue weighted by atomic mass is 10.2. The van der Waals surface area contributed by atoms with E-state index < -0.39 is 10.0 Å². The van der Waals surface area contributed by atoms with Crippen molar-refractivity contribution < 1.29 is 8.42 Å². The fourth-order valence-corrected chi connectivity index (χ4v) is 2.79. The minimum atomic E-state index is -3.69. The molecule has 0 fully saturated rings. The highest BCUT2D eigenvalue weighted by molar-refractivity contribution is 7.89. The molecule has 0 saturated heterocycles. The zero-order valence-corrected chi connectivity index (χ0v) is 12.3. The molecule has 0 unspecified atom stereocenters. The number of nitrogens with zero attached hydrogens (tertiary/aromatic N) is 3. The summed E-state index contributed by atoms with van der Waals surface area (Å²) < 4.78 is 28.6. The first-order chi connectivity index (χ1) is 10.0. The van der Waals surface area contributed by atoms with Gasteiger partial charge in [-0.1, -0.05) is 24.0 Å². The van der Waals surface area contributed by atoms with Crippen molar-refractivity contribution in [2.75, 3.05) is 6.54 Å². The van der Waals surface area contributed by atoms with Gasteiger partial charge in [-0.05, 0) is 12.1 Å². The third-order valence-corrected chi connectivity index (χ3v) is 4.03. The Kier molecular flexibility index (Phi) is 4.70. The summed E-state index contributed by atoms with van der Waals surface area (Å²) in [5.41, 5.74) is 5.72. The van der Waals surface area contributed by atoms with Gasteiger partial charge in [0.2, 0.25) is 10.0 Å². The second-order valence-corrected chi connectivity index (χ2v) is 5.90. The first kappa shape index (κ1) is 15.2. The van der Waals surface area contributed by atoms with Crippen LogP contribution in [0.3, 0.4) is 0 Å². The van der Waals surface area contributed by atoms with Crippen LogP contribution in [-0.2, 0) is 23.6 Å². The molecule has 0 radical (unpaired) electrons. The lowest BCUT2D eigenvalue weighted by Gasteiger charge is -2.07. The Hall–Kier alpha value is -2.21. The third-order valence-electron chi connectivity index (χ3n) is 2.57. The minimum Gasteiger partial charge on any atom is -0.320 e. The molecular formula is C13H15N5O2S. The summed E-state index contributed by atoms with van der Waals surface area (Å²) in [7, 11) is -1.98. The van der Waals surface area contributed by atoms with Crippen LogP contribution in [0, 0.1) is 11.8 Å². The number of rotatable bonds is 4. The lowest BCUT2D eigenvalue weighted by Crippen LogP contribution is -2.24. The van der Waals surface area contributed by atoms with Crippen LogP contribution in [0.2, 0.25) is 0 Å². The quantitative estimate of drug-likeness (QED) is 0.748. The summed E-state index contributed by atoms with van der Waals surface area (Å²) >= 11 is 0. The fraction of sp³-hybridized carbons (Fsp3) is 0.231. The van der Waals surface area contributed by atoms with Gasteiger partial charge in [0.1, 0.15) is 6.33 Å². The van der Waals surface area contributed by atoms with Gasteiger partial charge in [-0.25, -0.2) is 18.1 Å². The molecule has 1 aromatic heterocycles. The van der Waals surface area contributed by atoms with Crippen LogP contribution < -0.4 is 10.5 Å². The van der Waals surface area contributed by atoms with E-state index in [4.69, 9.17) is 5.73 Å². The molecule has 0 saturated carbocycles. The molecule has 0 aliphatic carbocycles. The van der Waals surface area contributed by atoms with Gasteiger partial charge in [0, 0.05) is 12.6 Å². The number of hydrogen-bond donors (Lipinski definition) is 2. The smallest absolute Gasteiger partial charge is 0.242 e. The SMILES string of the molecule is Cn1cnc(CNS(=O)(=O)c2ccccc2C#CCN)n1. The Morgan fingerprint density at radius 3 is 2.81 bits per heavy atom. The predicted octanol–water partition coefficient (Wildman–Crippen LogP) is -0.396. The van der Waals surface area contributed by atoms with Crippen LogP contribution in [-0.4, -0.2) is 29.7 Å². The largest absolute Gasteiger partial charge is 0.320 e. The molecule has 0 aliphatic rings. The van der Waals surface area contributed by atoms with E-state index in [2.05, 4.69) is 26.6 Å². The zero-order chi connectivity index (χ0) is 15.3. The van der Waals surface area contributed by atoms with E-state index in [1.54, 1.807) is 25.2 Å². The van der Waals surface area contributed by atoms with Crippen molar-refractivity contribution in [3.8, 4) is 11.8 Å². The third kappa shape index (κ3) is 3.88. The van der Waals surface area contributed by atoms with Crippen LogP contribution in [0.25, 0.3) is 0 Å². The van der Waals surface area contributed by atoms with Gasteiger partial charge < -0.3 is 5.73 Å². The molecule has 21 heavy (non-hydrogen) atoms. The minimum absolute atomic E-state index is 0.0157. The summed E-state index contributed by atoms with van der Waals surface area (Å²) in [6, 6.07) is 6.49. The van der Waals surface area contributed by atoms with Crippen LogP contribution in [0.15, 0.2) is 35.5 Å². The van der Waals surface area contributed by atoms with E-state index in [9.17, 15) is 8.42 Å². The summed E-state index contributed by atoms with van der Waals surface area (Å²) in [5.74, 6) is 5.80. The summed E-state index contributed by atoms with van der Waals surface area (Å²) in [4.78, 5) is 4.08. The van der Waals surface area contributed by atoms with Gasteiger partial charge >= 0.3 is 0 Å². The standard InChI is InChI=1S/C13H15N5O2S/c1-18-10-15-13(17-18)9-16-21(19,20)12-7-3-2-5-11(12)6-4-8-14/h2-3,5,7,10,16H,8-9,14H2,1H3. The Labute approximate surface area is 123 Å². The number of sulfonamides is 1. The molecular weight excluding hydrogens is 290 g/mol. The predicted molar refractivity (Wildman–Crippen MR) is 77.4 cm³/mol. The Balaban J connectivity index is 2.23. The number of hydrogen-bond acceptors (Lipinski definition) is 5. The average molecular weight is 305 g/mol. The zero-order valence-electron chi connectivity index (χ0n) is 11.4. The molecule has 1 heterocycles. The van der Waals surface area contributed by atoms with Crippen LogP contribution in [0.1, 0.15) is 11.4 Å². The normalized spacial score (nSPS) is 11.0. The van der Waals surface area contributed by atoms with Crippen LogP contribution >= 0.6 is 0 Å². The Morgan fingerprint density at radius 1 is 1.38 bits per heavy atom. The van der Waals surface area contributed by atoms with E-state index in [0.29, 0.717) is 11.4 Å². The Morgan fingerprint density at radius 2 is 2.14 bits per heavy atom.